The van der Waals surface area contributed by atoms with E-state index in [2.05, 4.69) is 0 Å². The van der Waals surface area contributed by atoms with Crippen molar-refractivity contribution in [3.8, 4) is 0 Å². The zero-order chi connectivity index (χ0) is 64.1. The molecule has 0 spiro atoms. The summed E-state index contributed by atoms with van der Waals surface area (Å²) in [7, 11) is 0. The van der Waals surface area contributed by atoms with Crippen molar-refractivity contribution in [1.29, 1.82) is 0 Å². The van der Waals surface area contributed by atoms with Gasteiger partial charge in [0.2, 0.25) is 0 Å². The number of aliphatic hydroxyl groups is 1. The highest BCUT2D eigenvalue weighted by Gasteiger charge is 3.00. The number of alkyl halides is 49. The van der Waals surface area contributed by atoms with Gasteiger partial charge in [-0.3, -0.25) is 0 Å². The SMILES string of the molecule is OC(F)(C(F)(F)C(F)(F)F)C(F)(F)C(F)(F)C(F)(F)OC(F)(F)C(F)(F)C(F)(F)C(F)(F)OC(F)(F)C(F)(F)C(F)(F)C(F)(F)OC(F)(F)C(F)(F)C(F)(F)C(F)(F)C(F)(F)C(F)(F)C(F)(F)C(F)(F)C(F)(F)C(F)(F)F. The third-order valence-electron chi connectivity index (χ3n) is 8.45. The Morgan fingerprint density at radius 1 is 0.143 bits per heavy atom. The topological polar surface area (TPSA) is 47.9 Å². The van der Waals surface area contributed by atoms with Crippen LogP contribution in [0.25, 0.3) is 0 Å². The quantitative estimate of drug-likeness (QED) is 0.0979. The molecule has 0 saturated carbocycles. The molecule has 0 heterocycles. The molecule has 1 N–H and O–H groups in total. The van der Waals surface area contributed by atoms with Crippen LogP contribution in [0.1, 0.15) is 0 Å². The van der Waals surface area contributed by atoms with E-state index >= 15 is 0 Å². The average molecular weight is 1280 g/mol. The fourth-order valence-electron chi connectivity index (χ4n) is 3.92. The Kier molecular flexibility index (Phi) is 17.1. The molecule has 0 aliphatic rings. The highest BCUT2D eigenvalue weighted by atomic mass is 19.5. The molecule has 1 atom stereocenters. The van der Waals surface area contributed by atoms with Crippen molar-refractivity contribution in [1.82, 2.24) is 0 Å². The van der Waals surface area contributed by atoms with Gasteiger partial charge in [0.25, 0.3) is 0 Å². The average Bonchev–Trinajstić information content (AvgIpc) is 3.14. The summed E-state index contributed by atoms with van der Waals surface area (Å²) in [6.07, 6.45) is -74.6. The summed E-state index contributed by atoms with van der Waals surface area (Å²) in [5, 5.41) is 8.04. The summed E-state index contributed by atoms with van der Waals surface area (Å²) in [5.74, 6) is -155. The van der Waals surface area contributed by atoms with E-state index in [0.29, 0.717) is 14.2 Å². The van der Waals surface area contributed by atoms with Gasteiger partial charge in [0.05, 0.1) is 0 Å². The molecule has 0 fully saturated rings. The van der Waals surface area contributed by atoms with Crippen LogP contribution in [-0.2, 0) is 14.2 Å². The first kappa shape index (κ1) is 73.4. The van der Waals surface area contributed by atoms with Gasteiger partial charge < -0.3 is 5.11 Å². The van der Waals surface area contributed by atoms with Crippen LogP contribution >= 0.6 is 0 Å². The lowest BCUT2D eigenvalue weighted by Gasteiger charge is -2.45. The summed E-state index contributed by atoms with van der Waals surface area (Å²) in [4.78, 5) is 0. The second-order valence-electron chi connectivity index (χ2n) is 13.6. The molecule has 53 heteroatoms. The molecule has 0 aliphatic carbocycles. The van der Waals surface area contributed by atoms with Gasteiger partial charge in [0, 0.05) is 0 Å². The number of halogens is 49. The van der Waals surface area contributed by atoms with Crippen molar-refractivity contribution in [2.24, 2.45) is 0 Å². The highest BCUT2D eigenvalue weighted by Crippen LogP contribution is 2.68. The predicted octanol–water partition coefficient (Wildman–Crippen LogP) is 14.9. The minimum atomic E-state index is -10.3. The van der Waals surface area contributed by atoms with Gasteiger partial charge in [-0.05, 0) is 0 Å². The zero-order valence-corrected chi connectivity index (χ0v) is 32.2. The lowest BCUT2D eigenvalue weighted by Crippen LogP contribution is -2.77. The first-order valence-corrected chi connectivity index (χ1v) is 15.7. The highest BCUT2D eigenvalue weighted by molar-refractivity contribution is 5.18. The Hall–Kier alpha value is -3.59. The summed E-state index contributed by atoms with van der Waals surface area (Å²) in [5.41, 5.74) is 0. The van der Waals surface area contributed by atoms with Gasteiger partial charge in [-0.1, -0.05) is 0 Å². The summed E-state index contributed by atoms with van der Waals surface area (Å²) in [6, 6.07) is 0. The molecule has 0 aliphatic heterocycles. The van der Waals surface area contributed by atoms with Crippen LogP contribution in [0.2, 0.25) is 0 Å². The molecule has 0 aromatic heterocycles. The molecule has 77 heavy (non-hydrogen) atoms. The minimum absolute atomic E-state index is 0.303. The second-order valence-corrected chi connectivity index (χ2v) is 13.6. The summed E-state index contributed by atoms with van der Waals surface area (Å²) >= 11 is 0. The fraction of sp³-hybridized carbons (Fsp3) is 1.00. The van der Waals surface area contributed by atoms with E-state index in [4.69, 9.17) is 5.11 Å². The van der Waals surface area contributed by atoms with Gasteiger partial charge in [0.15, 0.2) is 0 Å². The second kappa shape index (κ2) is 18.0. The maximum absolute atomic E-state index is 13.9. The van der Waals surface area contributed by atoms with Crippen molar-refractivity contribution in [3.05, 3.63) is 0 Å². The summed E-state index contributed by atoms with van der Waals surface area (Å²) < 4.78 is 660. The van der Waals surface area contributed by atoms with Crippen LogP contribution < -0.4 is 0 Å². The van der Waals surface area contributed by atoms with E-state index in [0.717, 1.165) is 0 Å². The van der Waals surface area contributed by atoms with E-state index in [-0.39, 0.29) is 0 Å². The molecule has 0 bridgehead atoms. The molecule has 0 rings (SSSR count). The van der Waals surface area contributed by atoms with Gasteiger partial charge in [-0.15, -0.1) is 0 Å². The molecule has 464 valence electrons. The van der Waals surface area contributed by atoms with E-state index in [1.807, 2.05) is 0 Å². The van der Waals surface area contributed by atoms with Crippen LogP contribution in [0.15, 0.2) is 0 Å². The zero-order valence-electron chi connectivity index (χ0n) is 32.2. The number of hydrogen-bond donors (Lipinski definition) is 1. The normalized spacial score (nSPS) is 18.0. The van der Waals surface area contributed by atoms with Gasteiger partial charge in [0.1, 0.15) is 0 Å². The molecule has 0 saturated heterocycles. The monoisotopic (exact) mass is 1280 g/mol. The van der Waals surface area contributed by atoms with Gasteiger partial charge in [-0.2, -0.15) is 215 Å². The van der Waals surface area contributed by atoms with E-state index in [1.165, 1.54) is 0 Å². The van der Waals surface area contributed by atoms with Crippen LogP contribution in [0, 0.1) is 0 Å². The lowest BCUT2D eigenvalue weighted by atomic mass is 9.87. The molecule has 0 radical (unpaired) electrons. The number of rotatable bonds is 24. The number of hydrogen-bond acceptors (Lipinski definition) is 4. The largest absolute Gasteiger partial charge is 0.460 e. The minimum Gasteiger partial charge on any atom is -0.352 e. The Labute approximate surface area is 379 Å². The Morgan fingerprint density at radius 2 is 0.260 bits per heavy atom. The van der Waals surface area contributed by atoms with Crippen molar-refractivity contribution in [2.45, 2.75) is 144 Å². The Morgan fingerprint density at radius 3 is 0.416 bits per heavy atom. The van der Waals surface area contributed by atoms with Crippen molar-refractivity contribution >= 4 is 0 Å². The molecule has 0 aromatic carbocycles. The van der Waals surface area contributed by atoms with E-state index in [9.17, 15) is 215 Å². The number of ether oxygens (including phenoxy) is 3. The third kappa shape index (κ3) is 9.50. The molecule has 0 amide bonds. The van der Waals surface area contributed by atoms with E-state index < -0.39 is 144 Å². The first-order chi connectivity index (χ1) is 32.1. The molecular formula is C24HF49O4. The molecule has 0 aromatic rings. The predicted molar refractivity (Wildman–Crippen MR) is 125 cm³/mol. The smallest absolute Gasteiger partial charge is 0.352 e. The van der Waals surface area contributed by atoms with Crippen molar-refractivity contribution in [2.75, 3.05) is 0 Å². The lowest BCUT2D eigenvalue weighted by molar-refractivity contribution is -0.557. The fourth-order valence-corrected chi connectivity index (χ4v) is 3.92. The van der Waals surface area contributed by atoms with E-state index in [1.54, 1.807) is 0 Å². The maximum atomic E-state index is 13.9. The maximum Gasteiger partial charge on any atom is 0.460 e. The molecule has 4 nitrogen and oxygen atoms in total. The van der Waals surface area contributed by atoms with Crippen LogP contribution in [-0.4, -0.2) is 149 Å². The van der Waals surface area contributed by atoms with Crippen LogP contribution in [0.5, 0.6) is 0 Å². The first-order valence-electron chi connectivity index (χ1n) is 15.7. The van der Waals surface area contributed by atoms with Crippen LogP contribution in [0.3, 0.4) is 0 Å². The summed E-state index contributed by atoms with van der Waals surface area (Å²) in [6.45, 7) is 0. The molecular weight excluding hydrogens is 1280 g/mol. The standard InChI is InChI=1S/C24HF49O4/c25-1(26,3(29,30)5(33,34)8(39,40)17(56,57)58)2(27,28)4(31,32)6(35,36)9(41,42)19(62,63)75-21(66,67)11(45,46)13(49,50)23(70,71)77-24(72,73)14(51,52)12(47,48)22(68,69)76-20(64,65)10(43,44)7(37,38)16(55,74)15(53,54)18(59,60)61/h74H. The van der Waals surface area contributed by atoms with Gasteiger partial charge >= 0.3 is 144 Å². The van der Waals surface area contributed by atoms with Crippen LogP contribution in [0.4, 0.5) is 215 Å². The van der Waals surface area contributed by atoms with Gasteiger partial charge in [-0.25, -0.2) is 14.2 Å². The Balaban J connectivity index is 7.52. The van der Waals surface area contributed by atoms with Crippen molar-refractivity contribution in [3.63, 3.8) is 0 Å². The third-order valence-corrected chi connectivity index (χ3v) is 8.45. The molecule has 1 unspecified atom stereocenters. The van der Waals surface area contributed by atoms with Crippen molar-refractivity contribution < 1.29 is 234 Å². The Bertz CT molecular complexity index is 2100.